The number of ether oxygens (including phenoxy) is 1. The Balaban J connectivity index is 1.93. The van der Waals surface area contributed by atoms with E-state index in [9.17, 15) is 4.39 Å². The monoisotopic (exact) mass is 257 g/mol. The molecule has 0 atom stereocenters. The van der Waals surface area contributed by atoms with Gasteiger partial charge in [-0.1, -0.05) is 36.4 Å². The van der Waals surface area contributed by atoms with E-state index in [4.69, 9.17) is 4.74 Å². The molecule has 0 aliphatic carbocycles. The van der Waals surface area contributed by atoms with Crippen LogP contribution < -0.4 is 10.1 Å². The molecule has 0 spiro atoms. The minimum Gasteiger partial charge on any atom is -0.496 e. The molecular formula is C16H16FNO. The summed E-state index contributed by atoms with van der Waals surface area (Å²) in [6, 6.07) is 14.2. The standard InChI is InChI=1S/C16H16FNO/c1-19-16-10-3-2-6-13(16)7-5-11-18-15-9-4-8-14(17)12-15/h2-10,12,18H,11H2,1H3/b7-5+. The van der Waals surface area contributed by atoms with Crippen LogP contribution in [0, 0.1) is 5.82 Å². The highest BCUT2D eigenvalue weighted by molar-refractivity contribution is 5.57. The van der Waals surface area contributed by atoms with Crippen LogP contribution in [0.25, 0.3) is 6.08 Å². The maximum Gasteiger partial charge on any atom is 0.126 e. The summed E-state index contributed by atoms with van der Waals surface area (Å²) >= 11 is 0. The van der Waals surface area contributed by atoms with Crippen LogP contribution in [0.3, 0.4) is 0 Å². The molecule has 98 valence electrons. The van der Waals surface area contributed by atoms with Crippen LogP contribution in [0.5, 0.6) is 5.75 Å². The summed E-state index contributed by atoms with van der Waals surface area (Å²) in [5.41, 5.74) is 1.79. The smallest absolute Gasteiger partial charge is 0.126 e. The Morgan fingerprint density at radius 3 is 2.79 bits per heavy atom. The lowest BCUT2D eigenvalue weighted by atomic mass is 10.2. The second kappa shape index (κ2) is 6.59. The molecule has 3 heteroatoms. The molecule has 0 bridgehead atoms. The van der Waals surface area contributed by atoms with Crippen molar-refractivity contribution >= 4 is 11.8 Å². The number of para-hydroxylation sites is 1. The first kappa shape index (κ1) is 13.1. The number of rotatable bonds is 5. The maximum absolute atomic E-state index is 13.0. The zero-order chi connectivity index (χ0) is 13.5. The second-order valence-electron chi connectivity index (χ2n) is 4.04. The van der Waals surface area contributed by atoms with E-state index in [1.165, 1.54) is 12.1 Å². The third kappa shape index (κ3) is 3.85. The van der Waals surface area contributed by atoms with E-state index >= 15 is 0 Å². The van der Waals surface area contributed by atoms with E-state index in [0.29, 0.717) is 6.54 Å². The van der Waals surface area contributed by atoms with Crippen LogP contribution in [0.15, 0.2) is 54.6 Å². The van der Waals surface area contributed by atoms with Crippen LogP contribution in [0.1, 0.15) is 5.56 Å². The summed E-state index contributed by atoms with van der Waals surface area (Å²) in [6.07, 6.45) is 3.95. The van der Waals surface area contributed by atoms with Gasteiger partial charge in [0.05, 0.1) is 7.11 Å². The van der Waals surface area contributed by atoms with E-state index in [2.05, 4.69) is 5.32 Å². The summed E-state index contributed by atoms with van der Waals surface area (Å²) in [5.74, 6) is 0.600. The molecule has 2 aromatic rings. The van der Waals surface area contributed by atoms with Crippen LogP contribution in [-0.2, 0) is 0 Å². The molecule has 0 heterocycles. The number of methoxy groups -OCH3 is 1. The topological polar surface area (TPSA) is 21.3 Å². The third-order valence-electron chi connectivity index (χ3n) is 2.68. The van der Waals surface area contributed by atoms with Gasteiger partial charge in [0.25, 0.3) is 0 Å². The third-order valence-corrected chi connectivity index (χ3v) is 2.68. The average molecular weight is 257 g/mol. The lowest BCUT2D eigenvalue weighted by Gasteiger charge is -2.04. The lowest BCUT2D eigenvalue weighted by Crippen LogP contribution is -1.98. The van der Waals surface area contributed by atoms with E-state index < -0.39 is 0 Å². The number of nitrogens with one attached hydrogen (secondary N) is 1. The van der Waals surface area contributed by atoms with Crippen LogP contribution >= 0.6 is 0 Å². The van der Waals surface area contributed by atoms with Crippen molar-refractivity contribution < 1.29 is 9.13 Å². The summed E-state index contributed by atoms with van der Waals surface area (Å²) in [5, 5.41) is 3.13. The maximum atomic E-state index is 13.0. The second-order valence-corrected chi connectivity index (χ2v) is 4.04. The van der Waals surface area contributed by atoms with E-state index in [1.807, 2.05) is 42.5 Å². The van der Waals surface area contributed by atoms with Gasteiger partial charge in [0.15, 0.2) is 0 Å². The SMILES string of the molecule is COc1ccccc1/C=C/CNc1cccc(F)c1. The summed E-state index contributed by atoms with van der Waals surface area (Å²) in [7, 11) is 1.65. The fraction of sp³-hybridized carbons (Fsp3) is 0.125. The highest BCUT2D eigenvalue weighted by Crippen LogP contribution is 2.18. The summed E-state index contributed by atoms with van der Waals surface area (Å²) in [4.78, 5) is 0. The van der Waals surface area contributed by atoms with Gasteiger partial charge >= 0.3 is 0 Å². The van der Waals surface area contributed by atoms with E-state index in [1.54, 1.807) is 13.2 Å². The van der Waals surface area contributed by atoms with E-state index in [0.717, 1.165) is 17.0 Å². The van der Waals surface area contributed by atoms with Crippen molar-refractivity contribution in [1.82, 2.24) is 0 Å². The van der Waals surface area contributed by atoms with Gasteiger partial charge < -0.3 is 10.1 Å². The van der Waals surface area contributed by atoms with Crippen molar-refractivity contribution in [2.75, 3.05) is 19.0 Å². The molecule has 2 aromatic carbocycles. The van der Waals surface area contributed by atoms with Crippen molar-refractivity contribution in [2.45, 2.75) is 0 Å². The molecule has 0 fully saturated rings. The first-order valence-corrected chi connectivity index (χ1v) is 6.08. The lowest BCUT2D eigenvalue weighted by molar-refractivity contribution is 0.414. The molecule has 0 unspecified atom stereocenters. The first-order chi connectivity index (χ1) is 9.29. The molecule has 0 aliphatic heterocycles. The molecule has 0 saturated carbocycles. The number of hydrogen-bond acceptors (Lipinski definition) is 2. The van der Waals surface area contributed by atoms with Gasteiger partial charge in [-0.2, -0.15) is 0 Å². The molecule has 1 N–H and O–H groups in total. The van der Waals surface area contributed by atoms with Gasteiger partial charge in [-0.25, -0.2) is 4.39 Å². The van der Waals surface area contributed by atoms with E-state index in [-0.39, 0.29) is 5.82 Å². The van der Waals surface area contributed by atoms with Crippen molar-refractivity contribution in [2.24, 2.45) is 0 Å². The van der Waals surface area contributed by atoms with Gasteiger partial charge in [-0.15, -0.1) is 0 Å². The largest absolute Gasteiger partial charge is 0.496 e. The predicted molar refractivity (Wildman–Crippen MR) is 76.9 cm³/mol. The number of benzene rings is 2. The average Bonchev–Trinajstić information content (AvgIpc) is 2.44. The van der Waals surface area contributed by atoms with Gasteiger partial charge in [0.1, 0.15) is 11.6 Å². The number of anilines is 1. The van der Waals surface area contributed by atoms with Crippen LogP contribution in [-0.4, -0.2) is 13.7 Å². The Kier molecular flexibility index (Phi) is 4.56. The number of halogens is 1. The van der Waals surface area contributed by atoms with Crippen molar-refractivity contribution in [3.05, 3.63) is 66.0 Å². The molecule has 0 saturated heterocycles. The molecular weight excluding hydrogens is 241 g/mol. The Labute approximate surface area is 112 Å². The molecule has 19 heavy (non-hydrogen) atoms. The molecule has 0 aliphatic rings. The van der Waals surface area contributed by atoms with Gasteiger partial charge in [0.2, 0.25) is 0 Å². The Morgan fingerprint density at radius 1 is 1.16 bits per heavy atom. The molecule has 0 radical (unpaired) electrons. The van der Waals surface area contributed by atoms with Gasteiger partial charge in [-0.3, -0.25) is 0 Å². The Bertz CT molecular complexity index is 566. The number of hydrogen-bond donors (Lipinski definition) is 1. The minimum absolute atomic E-state index is 0.237. The first-order valence-electron chi connectivity index (χ1n) is 6.08. The molecule has 0 aromatic heterocycles. The van der Waals surface area contributed by atoms with Crippen LogP contribution in [0.4, 0.5) is 10.1 Å². The fourth-order valence-electron chi connectivity index (χ4n) is 1.77. The van der Waals surface area contributed by atoms with Gasteiger partial charge in [0, 0.05) is 17.8 Å². The normalized spacial score (nSPS) is 10.6. The predicted octanol–water partition coefficient (Wildman–Crippen LogP) is 3.96. The van der Waals surface area contributed by atoms with Crippen molar-refractivity contribution in [1.29, 1.82) is 0 Å². The minimum atomic E-state index is -0.237. The highest BCUT2D eigenvalue weighted by atomic mass is 19.1. The fourth-order valence-corrected chi connectivity index (χ4v) is 1.77. The van der Waals surface area contributed by atoms with Gasteiger partial charge in [-0.05, 0) is 24.3 Å². The van der Waals surface area contributed by atoms with Crippen molar-refractivity contribution in [3.8, 4) is 5.75 Å². The zero-order valence-corrected chi connectivity index (χ0v) is 10.8. The Morgan fingerprint density at radius 2 is 2.00 bits per heavy atom. The Hall–Kier alpha value is -2.29. The highest BCUT2D eigenvalue weighted by Gasteiger charge is 1.96. The summed E-state index contributed by atoms with van der Waals surface area (Å²) in [6.45, 7) is 0.626. The summed E-state index contributed by atoms with van der Waals surface area (Å²) < 4.78 is 18.2. The molecule has 0 amide bonds. The zero-order valence-electron chi connectivity index (χ0n) is 10.8. The molecule has 2 rings (SSSR count). The molecule has 2 nitrogen and oxygen atoms in total. The van der Waals surface area contributed by atoms with Crippen molar-refractivity contribution in [3.63, 3.8) is 0 Å². The van der Waals surface area contributed by atoms with Crippen LogP contribution in [0.2, 0.25) is 0 Å². The quantitative estimate of drug-likeness (QED) is 0.875.